The third kappa shape index (κ3) is 4.72. The largest absolute Gasteiger partial charge is 0.352 e. The van der Waals surface area contributed by atoms with Gasteiger partial charge in [0.25, 0.3) is 5.91 Å². The van der Waals surface area contributed by atoms with Crippen LogP contribution in [0.4, 0.5) is 0 Å². The Hall–Kier alpha value is -2.98. The quantitative estimate of drug-likeness (QED) is 0.369. The number of benzene rings is 3. The molecule has 3 aromatic carbocycles. The van der Waals surface area contributed by atoms with Gasteiger partial charge in [0.2, 0.25) is 0 Å². The van der Waals surface area contributed by atoms with Crippen molar-refractivity contribution in [3.63, 3.8) is 0 Å². The third-order valence-corrected chi connectivity index (χ3v) is 5.40. The van der Waals surface area contributed by atoms with Gasteiger partial charge in [0.15, 0.2) is 0 Å². The zero-order valence-corrected chi connectivity index (χ0v) is 17.5. The summed E-state index contributed by atoms with van der Waals surface area (Å²) in [5, 5.41) is 3.94. The van der Waals surface area contributed by atoms with Gasteiger partial charge in [-0.1, -0.05) is 76.6 Å². The normalized spacial score (nSPS) is 10.8. The number of carbonyl (C=O) groups is 1. The molecule has 144 valence electrons. The van der Waals surface area contributed by atoms with E-state index < -0.39 is 0 Å². The number of carbonyl (C=O) groups excluding carboxylic acids is 1. The predicted octanol–water partition coefficient (Wildman–Crippen LogP) is 6.03. The second kappa shape index (κ2) is 9.01. The fourth-order valence-corrected chi connectivity index (χ4v) is 3.63. The van der Waals surface area contributed by atoms with Gasteiger partial charge in [0.1, 0.15) is 0 Å². The average Bonchev–Trinajstić information content (AvgIpc) is 2.77. The summed E-state index contributed by atoms with van der Waals surface area (Å²) in [4.78, 5) is 17.7. The molecule has 4 heteroatoms. The molecule has 1 N–H and O–H groups in total. The smallest absolute Gasteiger partial charge is 0.252 e. The molecule has 3 nitrogen and oxygen atoms in total. The predicted molar refractivity (Wildman–Crippen MR) is 122 cm³/mol. The molecule has 0 bridgehead atoms. The Kier molecular flexibility index (Phi) is 6.01. The van der Waals surface area contributed by atoms with Gasteiger partial charge >= 0.3 is 0 Å². The van der Waals surface area contributed by atoms with Crippen LogP contribution in [0.5, 0.6) is 0 Å². The van der Waals surface area contributed by atoms with E-state index in [1.54, 1.807) is 0 Å². The Morgan fingerprint density at radius 2 is 1.62 bits per heavy atom. The van der Waals surface area contributed by atoms with E-state index in [1.165, 1.54) is 5.56 Å². The molecule has 1 aromatic heterocycles. The van der Waals surface area contributed by atoms with Crippen molar-refractivity contribution in [1.82, 2.24) is 10.3 Å². The lowest BCUT2D eigenvalue weighted by Gasteiger charge is -2.11. The number of nitrogens with one attached hydrogen (secondary N) is 1. The molecule has 0 spiro atoms. The Morgan fingerprint density at radius 1 is 0.897 bits per heavy atom. The van der Waals surface area contributed by atoms with Crippen molar-refractivity contribution >= 4 is 32.7 Å². The Balaban J connectivity index is 1.55. The van der Waals surface area contributed by atoms with Gasteiger partial charge in [-0.2, -0.15) is 0 Å². The molecule has 29 heavy (non-hydrogen) atoms. The molecule has 0 fully saturated rings. The summed E-state index contributed by atoms with van der Waals surface area (Å²) < 4.78 is 1.01. The highest BCUT2D eigenvalue weighted by Crippen LogP contribution is 2.26. The molecule has 1 heterocycles. The SMILES string of the molecule is O=C(NCCCc1ccccc1)c1cc(-c2ccc(Br)cc2)nc2ccccc12. The number of nitrogens with zero attached hydrogens (tertiary/aromatic N) is 1. The maximum absolute atomic E-state index is 13.0. The van der Waals surface area contributed by atoms with E-state index in [0.717, 1.165) is 39.5 Å². The lowest BCUT2D eigenvalue weighted by atomic mass is 10.0. The molecule has 0 saturated carbocycles. The van der Waals surface area contributed by atoms with Crippen molar-refractivity contribution < 1.29 is 4.79 Å². The third-order valence-electron chi connectivity index (χ3n) is 4.87. The highest BCUT2D eigenvalue weighted by atomic mass is 79.9. The molecule has 0 unspecified atom stereocenters. The Labute approximate surface area is 178 Å². The van der Waals surface area contributed by atoms with Gasteiger partial charge in [-0.15, -0.1) is 0 Å². The zero-order chi connectivity index (χ0) is 20.1. The molecule has 4 rings (SSSR count). The van der Waals surface area contributed by atoms with Crippen molar-refractivity contribution in [3.05, 3.63) is 101 Å². The van der Waals surface area contributed by atoms with Crippen LogP contribution in [-0.4, -0.2) is 17.4 Å². The summed E-state index contributed by atoms with van der Waals surface area (Å²) >= 11 is 3.46. The first kappa shape index (κ1) is 19.3. The first-order valence-electron chi connectivity index (χ1n) is 9.68. The summed E-state index contributed by atoms with van der Waals surface area (Å²) in [5.41, 5.74) is 4.55. The number of para-hydroxylation sites is 1. The summed E-state index contributed by atoms with van der Waals surface area (Å²) in [5.74, 6) is -0.0602. The maximum Gasteiger partial charge on any atom is 0.252 e. The van der Waals surface area contributed by atoms with Crippen LogP contribution in [0.3, 0.4) is 0 Å². The minimum atomic E-state index is -0.0602. The molecule has 0 atom stereocenters. The fourth-order valence-electron chi connectivity index (χ4n) is 3.37. The molecule has 1 amide bonds. The average molecular weight is 445 g/mol. The molecule has 0 aliphatic rings. The van der Waals surface area contributed by atoms with Crippen molar-refractivity contribution in [2.45, 2.75) is 12.8 Å². The van der Waals surface area contributed by atoms with E-state index in [4.69, 9.17) is 4.98 Å². The summed E-state index contributed by atoms with van der Waals surface area (Å²) in [6, 6.07) is 28.0. The van der Waals surface area contributed by atoms with E-state index in [-0.39, 0.29) is 5.91 Å². The van der Waals surface area contributed by atoms with E-state index in [2.05, 4.69) is 33.4 Å². The Morgan fingerprint density at radius 3 is 2.41 bits per heavy atom. The van der Waals surface area contributed by atoms with E-state index in [1.807, 2.05) is 72.8 Å². The lowest BCUT2D eigenvalue weighted by molar-refractivity contribution is 0.0955. The molecular formula is C25H21BrN2O. The number of aryl methyl sites for hydroxylation is 1. The van der Waals surface area contributed by atoms with Crippen molar-refractivity contribution in [1.29, 1.82) is 0 Å². The zero-order valence-electron chi connectivity index (χ0n) is 15.9. The van der Waals surface area contributed by atoms with E-state index in [9.17, 15) is 4.79 Å². The second-order valence-electron chi connectivity index (χ2n) is 6.92. The lowest BCUT2D eigenvalue weighted by Crippen LogP contribution is -2.25. The van der Waals surface area contributed by atoms with Crippen LogP contribution >= 0.6 is 15.9 Å². The fraction of sp³-hybridized carbons (Fsp3) is 0.120. The molecule has 0 saturated heterocycles. The van der Waals surface area contributed by atoms with Crippen LogP contribution in [-0.2, 0) is 6.42 Å². The summed E-state index contributed by atoms with van der Waals surface area (Å²) in [6.07, 6.45) is 1.85. The van der Waals surface area contributed by atoms with Gasteiger partial charge in [-0.25, -0.2) is 4.98 Å². The van der Waals surface area contributed by atoms with E-state index in [0.29, 0.717) is 12.1 Å². The van der Waals surface area contributed by atoms with Gasteiger partial charge in [0.05, 0.1) is 16.8 Å². The van der Waals surface area contributed by atoms with Crippen LogP contribution in [0.2, 0.25) is 0 Å². The Bertz CT molecular complexity index is 1120. The monoisotopic (exact) mass is 444 g/mol. The number of hydrogen-bond donors (Lipinski definition) is 1. The molecule has 4 aromatic rings. The summed E-state index contributed by atoms with van der Waals surface area (Å²) in [7, 11) is 0. The standard InChI is InChI=1S/C25H21BrN2O/c26-20-14-12-19(13-15-20)24-17-22(21-10-4-5-11-23(21)28-24)25(29)27-16-6-9-18-7-2-1-3-8-18/h1-5,7-8,10-15,17H,6,9,16H2,(H,27,29). The minimum Gasteiger partial charge on any atom is -0.352 e. The highest BCUT2D eigenvalue weighted by Gasteiger charge is 2.13. The molecule has 0 radical (unpaired) electrons. The number of aromatic nitrogens is 1. The summed E-state index contributed by atoms with van der Waals surface area (Å²) in [6.45, 7) is 0.637. The second-order valence-corrected chi connectivity index (χ2v) is 7.84. The van der Waals surface area contributed by atoms with Crippen LogP contribution < -0.4 is 5.32 Å². The van der Waals surface area contributed by atoms with Gasteiger partial charge in [0, 0.05) is 22.0 Å². The number of pyridine rings is 1. The van der Waals surface area contributed by atoms with Gasteiger partial charge < -0.3 is 5.32 Å². The van der Waals surface area contributed by atoms with Gasteiger partial charge in [-0.3, -0.25) is 4.79 Å². The minimum absolute atomic E-state index is 0.0602. The number of hydrogen-bond acceptors (Lipinski definition) is 2. The molecular weight excluding hydrogens is 424 g/mol. The molecule has 0 aliphatic heterocycles. The van der Waals surface area contributed by atoms with Crippen molar-refractivity contribution in [2.24, 2.45) is 0 Å². The van der Waals surface area contributed by atoms with E-state index >= 15 is 0 Å². The number of fused-ring (bicyclic) bond motifs is 1. The number of rotatable bonds is 6. The van der Waals surface area contributed by atoms with Crippen LogP contribution in [0.25, 0.3) is 22.2 Å². The van der Waals surface area contributed by atoms with Gasteiger partial charge in [-0.05, 0) is 42.7 Å². The number of amides is 1. The first-order valence-corrected chi connectivity index (χ1v) is 10.5. The maximum atomic E-state index is 13.0. The van der Waals surface area contributed by atoms with Crippen molar-refractivity contribution in [3.8, 4) is 11.3 Å². The highest BCUT2D eigenvalue weighted by molar-refractivity contribution is 9.10. The van der Waals surface area contributed by atoms with Crippen LogP contribution in [0.15, 0.2) is 89.4 Å². The topological polar surface area (TPSA) is 42.0 Å². The van der Waals surface area contributed by atoms with Crippen LogP contribution in [0, 0.1) is 0 Å². The van der Waals surface area contributed by atoms with Crippen molar-refractivity contribution in [2.75, 3.05) is 6.54 Å². The first-order chi connectivity index (χ1) is 14.2. The number of halogens is 1. The molecule has 0 aliphatic carbocycles. The van der Waals surface area contributed by atoms with Crippen LogP contribution in [0.1, 0.15) is 22.3 Å².